The van der Waals surface area contributed by atoms with E-state index in [4.69, 9.17) is 4.42 Å². The average molecular weight is 783 g/mol. The van der Waals surface area contributed by atoms with Crippen LogP contribution in [-0.2, 0) is 10.8 Å². The van der Waals surface area contributed by atoms with Crippen LogP contribution in [0, 0.1) is 0 Å². The fourth-order valence-electron chi connectivity index (χ4n) is 10.7. The topological polar surface area (TPSA) is 19.6 Å². The molecule has 2 aliphatic carbocycles. The Bertz CT molecular complexity index is 3200. The second-order valence-electron chi connectivity index (χ2n) is 16.9. The van der Waals surface area contributed by atoms with Crippen LogP contribution in [0.5, 0.6) is 0 Å². The maximum atomic E-state index is 6.77. The minimum Gasteiger partial charge on any atom is -0.454 e. The molecule has 0 N–H and O–H groups in total. The van der Waals surface area contributed by atoms with Gasteiger partial charge in [-0.25, -0.2) is 0 Å². The third-order valence-electron chi connectivity index (χ3n) is 13.3. The number of hydrogen-bond acceptors (Lipinski definition) is 3. The van der Waals surface area contributed by atoms with Gasteiger partial charge >= 0.3 is 0 Å². The third-order valence-corrected chi connectivity index (χ3v) is 13.3. The summed E-state index contributed by atoms with van der Waals surface area (Å²) in [5, 5.41) is 2.20. The molecule has 9 aromatic carbocycles. The van der Waals surface area contributed by atoms with Gasteiger partial charge in [-0.05, 0) is 117 Å². The Balaban J connectivity index is 1.09. The number of rotatable bonds is 6. The smallest absolute Gasteiger partial charge is 0.159 e. The van der Waals surface area contributed by atoms with Gasteiger partial charge in [-0.2, -0.15) is 0 Å². The van der Waals surface area contributed by atoms with Crippen molar-refractivity contribution in [3.05, 3.63) is 252 Å². The fourth-order valence-corrected chi connectivity index (χ4v) is 10.7. The number of nitrogens with zero attached hydrogens (tertiary/aromatic N) is 2. The summed E-state index contributed by atoms with van der Waals surface area (Å²) in [4.78, 5) is 4.69. The highest BCUT2D eigenvalue weighted by Crippen LogP contribution is 2.62. The number of fused-ring (bicyclic) bond motifs is 12. The van der Waals surface area contributed by atoms with E-state index in [0.29, 0.717) is 0 Å². The molecule has 0 radical (unpaired) electrons. The van der Waals surface area contributed by atoms with Crippen LogP contribution >= 0.6 is 0 Å². The zero-order chi connectivity index (χ0) is 40.7. The first-order valence-electron chi connectivity index (χ1n) is 21.2. The van der Waals surface area contributed by atoms with Gasteiger partial charge in [0.1, 0.15) is 5.58 Å². The van der Waals surface area contributed by atoms with Gasteiger partial charge in [0.15, 0.2) is 5.58 Å². The van der Waals surface area contributed by atoms with Crippen molar-refractivity contribution in [1.29, 1.82) is 0 Å². The van der Waals surface area contributed by atoms with E-state index >= 15 is 0 Å². The molecule has 1 heterocycles. The van der Waals surface area contributed by atoms with E-state index in [2.05, 4.69) is 236 Å². The molecule has 0 unspecified atom stereocenters. The second kappa shape index (κ2) is 13.5. The predicted molar refractivity (Wildman–Crippen MR) is 253 cm³/mol. The van der Waals surface area contributed by atoms with E-state index in [0.717, 1.165) is 56.1 Å². The Morgan fingerprint density at radius 2 is 0.820 bits per heavy atom. The predicted octanol–water partition coefficient (Wildman–Crippen LogP) is 15.5. The lowest BCUT2D eigenvalue weighted by Crippen LogP contribution is -2.40. The van der Waals surface area contributed by atoms with Crippen LogP contribution < -0.4 is 9.80 Å². The van der Waals surface area contributed by atoms with E-state index in [1.807, 2.05) is 6.07 Å². The second-order valence-corrected chi connectivity index (χ2v) is 16.9. The molecule has 2 aliphatic rings. The Hall–Kier alpha value is -7.62. The lowest BCUT2D eigenvalue weighted by Gasteiger charge is -2.46. The number of anilines is 6. The molecule has 0 amide bonds. The monoisotopic (exact) mass is 782 g/mol. The summed E-state index contributed by atoms with van der Waals surface area (Å²) < 4.78 is 6.77. The highest BCUT2D eigenvalue weighted by molar-refractivity contribution is 6.10. The standard InChI is InChI=1S/C58H42N2O/c1-57(2)50-26-12-14-28-52(50)58(53-29-15-13-27-51(53)57)48-25-11-9-22-44(48)47-38-43(36-37-49(47)58)60(54-30-17-24-46-45-23-10-16-31-55(45)61-56(46)54)42-34-32-41(33-35-42)59(39-18-5-3-6-19-39)40-20-7-4-8-21-40/h3-38H,1-2H3. The molecular weight excluding hydrogens is 741 g/mol. The molecule has 10 aromatic rings. The van der Waals surface area contributed by atoms with E-state index in [9.17, 15) is 0 Å². The summed E-state index contributed by atoms with van der Waals surface area (Å²) in [6, 6.07) is 79.5. The van der Waals surface area contributed by atoms with E-state index < -0.39 is 5.41 Å². The van der Waals surface area contributed by atoms with Crippen molar-refractivity contribution in [2.75, 3.05) is 9.80 Å². The van der Waals surface area contributed by atoms with Crippen LogP contribution in [-0.4, -0.2) is 0 Å². The van der Waals surface area contributed by atoms with Crippen molar-refractivity contribution in [1.82, 2.24) is 0 Å². The molecule has 0 saturated carbocycles. The normalized spacial score (nSPS) is 14.0. The average Bonchev–Trinajstić information content (AvgIpc) is 3.84. The van der Waals surface area contributed by atoms with Crippen LogP contribution in [0.1, 0.15) is 47.2 Å². The lowest BCUT2D eigenvalue weighted by molar-refractivity contribution is 0.563. The molecule has 0 atom stereocenters. The van der Waals surface area contributed by atoms with Crippen molar-refractivity contribution < 1.29 is 4.42 Å². The number of furan rings is 1. The van der Waals surface area contributed by atoms with Gasteiger partial charge < -0.3 is 14.2 Å². The van der Waals surface area contributed by atoms with Crippen LogP contribution in [0.25, 0.3) is 33.1 Å². The van der Waals surface area contributed by atoms with Crippen molar-refractivity contribution in [3.63, 3.8) is 0 Å². The number of hydrogen-bond donors (Lipinski definition) is 0. The fraction of sp³-hybridized carbons (Fsp3) is 0.0690. The molecule has 0 bridgehead atoms. The molecule has 0 fully saturated rings. The van der Waals surface area contributed by atoms with E-state index in [1.165, 1.54) is 44.5 Å². The summed E-state index contributed by atoms with van der Waals surface area (Å²) in [6.45, 7) is 4.76. The Morgan fingerprint density at radius 1 is 0.344 bits per heavy atom. The molecule has 3 heteroatoms. The zero-order valence-corrected chi connectivity index (χ0v) is 34.1. The third kappa shape index (κ3) is 5.10. The summed E-state index contributed by atoms with van der Waals surface area (Å²) in [5.41, 5.74) is 18.1. The Labute approximate surface area is 356 Å². The number of para-hydroxylation sites is 4. The lowest BCUT2D eigenvalue weighted by atomic mass is 9.55. The SMILES string of the molecule is CC1(C)c2ccccc2C2(c3ccccc3-c3cc(N(c4ccc(N(c5ccccc5)c5ccccc5)cc4)c4cccc5c4oc4ccccc45)ccc32)c2ccccc21. The van der Waals surface area contributed by atoms with Crippen LogP contribution in [0.4, 0.5) is 34.1 Å². The maximum Gasteiger partial charge on any atom is 0.159 e. The highest BCUT2D eigenvalue weighted by atomic mass is 16.3. The molecule has 0 saturated heterocycles. The molecule has 1 aromatic heterocycles. The minimum absolute atomic E-state index is 0.152. The van der Waals surface area contributed by atoms with Crippen molar-refractivity contribution in [2.45, 2.75) is 24.7 Å². The first-order chi connectivity index (χ1) is 30.0. The largest absolute Gasteiger partial charge is 0.454 e. The summed E-state index contributed by atoms with van der Waals surface area (Å²) in [6.07, 6.45) is 0. The van der Waals surface area contributed by atoms with Gasteiger partial charge in [0.25, 0.3) is 0 Å². The van der Waals surface area contributed by atoms with Gasteiger partial charge in [-0.15, -0.1) is 0 Å². The van der Waals surface area contributed by atoms with Crippen molar-refractivity contribution in [2.24, 2.45) is 0 Å². The van der Waals surface area contributed by atoms with Gasteiger partial charge in [0, 0.05) is 44.6 Å². The summed E-state index contributed by atoms with van der Waals surface area (Å²) >= 11 is 0. The quantitative estimate of drug-likeness (QED) is 0.167. The molecule has 1 spiro atoms. The molecule has 61 heavy (non-hydrogen) atoms. The summed E-state index contributed by atoms with van der Waals surface area (Å²) in [7, 11) is 0. The van der Waals surface area contributed by atoms with Crippen LogP contribution in [0.15, 0.2) is 223 Å². The van der Waals surface area contributed by atoms with Crippen LogP contribution in [0.2, 0.25) is 0 Å². The van der Waals surface area contributed by atoms with Gasteiger partial charge in [-0.1, -0.05) is 159 Å². The van der Waals surface area contributed by atoms with Crippen molar-refractivity contribution in [3.8, 4) is 11.1 Å². The van der Waals surface area contributed by atoms with E-state index in [-0.39, 0.29) is 5.41 Å². The molecule has 0 aliphatic heterocycles. The van der Waals surface area contributed by atoms with E-state index in [1.54, 1.807) is 0 Å². The van der Waals surface area contributed by atoms with Crippen LogP contribution in [0.3, 0.4) is 0 Å². The molecule has 12 rings (SSSR count). The molecule has 290 valence electrons. The molecule has 3 nitrogen and oxygen atoms in total. The van der Waals surface area contributed by atoms with Gasteiger partial charge in [0.2, 0.25) is 0 Å². The maximum absolute atomic E-state index is 6.77. The van der Waals surface area contributed by atoms with Gasteiger partial charge in [-0.3, -0.25) is 0 Å². The summed E-state index contributed by atoms with van der Waals surface area (Å²) in [5.74, 6) is 0. The highest BCUT2D eigenvalue weighted by Gasteiger charge is 2.53. The first kappa shape index (κ1) is 35.3. The van der Waals surface area contributed by atoms with Gasteiger partial charge in [0.05, 0.1) is 11.1 Å². The Kier molecular flexibility index (Phi) is 7.79. The number of benzene rings is 9. The molecular formula is C58H42N2O. The first-order valence-corrected chi connectivity index (χ1v) is 21.2. The Morgan fingerprint density at radius 3 is 1.48 bits per heavy atom. The minimum atomic E-state index is -0.462. The van der Waals surface area contributed by atoms with Crippen molar-refractivity contribution >= 4 is 56.1 Å². The zero-order valence-electron chi connectivity index (χ0n) is 34.1.